The van der Waals surface area contributed by atoms with E-state index in [1.165, 1.54) is 11.1 Å². The third-order valence-corrected chi connectivity index (χ3v) is 3.93. The number of hydrogen-bond acceptors (Lipinski definition) is 3. The second kappa shape index (κ2) is 5.00. The van der Waals surface area contributed by atoms with Crippen molar-refractivity contribution in [2.45, 2.75) is 19.3 Å². The van der Waals surface area contributed by atoms with E-state index in [0.29, 0.717) is 11.5 Å². The van der Waals surface area contributed by atoms with E-state index in [9.17, 15) is 4.79 Å². The van der Waals surface area contributed by atoms with Gasteiger partial charge < -0.3 is 11.1 Å². The van der Waals surface area contributed by atoms with Gasteiger partial charge in [-0.1, -0.05) is 24.3 Å². The Morgan fingerprint density at radius 3 is 2.85 bits per heavy atom. The number of nitrogens with two attached hydrogens (primary N) is 1. The Morgan fingerprint density at radius 2 is 2.15 bits per heavy atom. The minimum Gasteiger partial charge on any atom is -0.394 e. The van der Waals surface area contributed by atoms with E-state index in [0.717, 1.165) is 19.3 Å². The fourth-order valence-corrected chi connectivity index (χ4v) is 2.75. The molecule has 20 heavy (non-hydrogen) atoms. The van der Waals surface area contributed by atoms with Gasteiger partial charge in [0.05, 0.1) is 11.9 Å². The standard InChI is InChI=1S/C15H18N4O/c1-19-14(13(16)9-17-19)18-15(20)12-7-6-10-4-2-3-5-11(10)8-12/h2-5,9,12H,6-8,16H2,1H3,(H,18,20). The Kier molecular flexibility index (Phi) is 3.18. The molecule has 0 bridgehead atoms. The van der Waals surface area contributed by atoms with E-state index in [2.05, 4.69) is 28.6 Å². The summed E-state index contributed by atoms with van der Waals surface area (Å²) in [7, 11) is 1.77. The third kappa shape index (κ3) is 2.27. The molecule has 1 unspecified atom stereocenters. The summed E-state index contributed by atoms with van der Waals surface area (Å²) >= 11 is 0. The Balaban J connectivity index is 1.74. The second-order valence-electron chi connectivity index (χ2n) is 5.27. The first kappa shape index (κ1) is 12.7. The van der Waals surface area contributed by atoms with E-state index < -0.39 is 0 Å². The highest BCUT2D eigenvalue weighted by Crippen LogP contribution is 2.27. The second-order valence-corrected chi connectivity index (χ2v) is 5.27. The molecule has 0 spiro atoms. The lowest BCUT2D eigenvalue weighted by atomic mass is 9.83. The fourth-order valence-electron chi connectivity index (χ4n) is 2.75. The van der Waals surface area contributed by atoms with Gasteiger partial charge in [0, 0.05) is 13.0 Å². The molecule has 1 aliphatic carbocycles. The van der Waals surface area contributed by atoms with Crippen molar-refractivity contribution >= 4 is 17.4 Å². The van der Waals surface area contributed by atoms with Crippen LogP contribution in [0, 0.1) is 5.92 Å². The van der Waals surface area contributed by atoms with Crippen LogP contribution in [0.1, 0.15) is 17.5 Å². The number of aryl methyl sites for hydroxylation is 2. The smallest absolute Gasteiger partial charge is 0.229 e. The molecule has 1 aliphatic rings. The number of hydrogen-bond donors (Lipinski definition) is 2. The molecule has 104 valence electrons. The zero-order valence-corrected chi connectivity index (χ0v) is 11.5. The molecular weight excluding hydrogens is 252 g/mol. The van der Waals surface area contributed by atoms with Crippen molar-refractivity contribution in [3.8, 4) is 0 Å². The number of carbonyl (C=O) groups excluding carboxylic acids is 1. The number of nitrogen functional groups attached to an aromatic ring is 1. The van der Waals surface area contributed by atoms with Gasteiger partial charge in [0.1, 0.15) is 0 Å². The van der Waals surface area contributed by atoms with E-state index in [-0.39, 0.29) is 11.8 Å². The summed E-state index contributed by atoms with van der Waals surface area (Å²) in [6.07, 6.45) is 4.17. The number of anilines is 2. The molecule has 1 atom stereocenters. The van der Waals surface area contributed by atoms with Crippen molar-refractivity contribution in [1.29, 1.82) is 0 Å². The van der Waals surface area contributed by atoms with Crippen LogP contribution in [0.15, 0.2) is 30.5 Å². The maximum absolute atomic E-state index is 12.4. The van der Waals surface area contributed by atoms with Gasteiger partial charge in [-0.05, 0) is 30.4 Å². The number of nitrogens with one attached hydrogen (secondary N) is 1. The van der Waals surface area contributed by atoms with Crippen LogP contribution in [0.3, 0.4) is 0 Å². The summed E-state index contributed by atoms with van der Waals surface area (Å²) in [6, 6.07) is 8.32. The van der Waals surface area contributed by atoms with Crippen LogP contribution < -0.4 is 11.1 Å². The van der Waals surface area contributed by atoms with Crippen LogP contribution in [-0.4, -0.2) is 15.7 Å². The summed E-state index contributed by atoms with van der Waals surface area (Å²) in [5.41, 5.74) is 8.93. The van der Waals surface area contributed by atoms with Crippen molar-refractivity contribution in [3.05, 3.63) is 41.6 Å². The molecule has 1 aromatic carbocycles. The topological polar surface area (TPSA) is 72.9 Å². The van der Waals surface area contributed by atoms with E-state index in [4.69, 9.17) is 5.73 Å². The molecule has 3 rings (SSSR count). The summed E-state index contributed by atoms with van der Waals surface area (Å²) < 4.78 is 1.59. The van der Waals surface area contributed by atoms with E-state index >= 15 is 0 Å². The number of aromatic nitrogens is 2. The third-order valence-electron chi connectivity index (χ3n) is 3.93. The van der Waals surface area contributed by atoms with Crippen LogP contribution in [0.4, 0.5) is 11.5 Å². The molecule has 5 nitrogen and oxygen atoms in total. The maximum Gasteiger partial charge on any atom is 0.229 e. The average Bonchev–Trinajstić information content (AvgIpc) is 2.78. The molecule has 0 radical (unpaired) electrons. The predicted molar refractivity (Wildman–Crippen MR) is 78.2 cm³/mol. The molecule has 1 aromatic heterocycles. The highest BCUT2D eigenvalue weighted by atomic mass is 16.2. The number of amides is 1. The van der Waals surface area contributed by atoms with Crippen LogP contribution in [0.2, 0.25) is 0 Å². The first-order valence-corrected chi connectivity index (χ1v) is 6.80. The molecule has 5 heteroatoms. The van der Waals surface area contributed by atoms with Crippen LogP contribution in [0.5, 0.6) is 0 Å². The molecule has 3 N–H and O–H groups in total. The Labute approximate surface area is 117 Å². The molecule has 0 saturated carbocycles. The average molecular weight is 270 g/mol. The van der Waals surface area contributed by atoms with E-state index in [1.54, 1.807) is 17.9 Å². The maximum atomic E-state index is 12.4. The summed E-state index contributed by atoms with van der Waals surface area (Å²) in [6.45, 7) is 0. The fraction of sp³-hybridized carbons (Fsp3) is 0.333. The lowest BCUT2D eigenvalue weighted by molar-refractivity contribution is -0.120. The number of benzene rings is 1. The Hall–Kier alpha value is -2.30. The first-order valence-electron chi connectivity index (χ1n) is 6.80. The highest BCUT2D eigenvalue weighted by molar-refractivity contribution is 5.94. The van der Waals surface area contributed by atoms with Gasteiger partial charge in [-0.3, -0.25) is 9.48 Å². The van der Waals surface area contributed by atoms with Crippen LogP contribution in [-0.2, 0) is 24.7 Å². The lowest BCUT2D eigenvalue weighted by Crippen LogP contribution is -2.29. The molecule has 0 saturated heterocycles. The van der Waals surface area contributed by atoms with Crippen molar-refractivity contribution in [1.82, 2.24) is 9.78 Å². The van der Waals surface area contributed by atoms with E-state index in [1.807, 2.05) is 6.07 Å². The molecule has 2 aromatic rings. The number of carbonyl (C=O) groups is 1. The van der Waals surface area contributed by atoms with Gasteiger partial charge in [-0.15, -0.1) is 0 Å². The van der Waals surface area contributed by atoms with Crippen molar-refractivity contribution in [2.75, 3.05) is 11.1 Å². The number of nitrogens with zero attached hydrogens (tertiary/aromatic N) is 2. The molecule has 0 fully saturated rings. The Bertz CT molecular complexity index is 628. The van der Waals surface area contributed by atoms with Gasteiger partial charge in [0.25, 0.3) is 0 Å². The lowest BCUT2D eigenvalue weighted by Gasteiger charge is -2.23. The minimum atomic E-state index is -0.000741. The largest absolute Gasteiger partial charge is 0.394 e. The van der Waals surface area contributed by atoms with Crippen molar-refractivity contribution in [3.63, 3.8) is 0 Å². The van der Waals surface area contributed by atoms with Crippen molar-refractivity contribution < 1.29 is 4.79 Å². The predicted octanol–water partition coefficient (Wildman–Crippen LogP) is 1.75. The molecule has 0 aliphatic heterocycles. The summed E-state index contributed by atoms with van der Waals surface area (Å²) in [4.78, 5) is 12.4. The highest BCUT2D eigenvalue weighted by Gasteiger charge is 2.25. The van der Waals surface area contributed by atoms with Crippen LogP contribution >= 0.6 is 0 Å². The monoisotopic (exact) mass is 270 g/mol. The summed E-state index contributed by atoms with van der Waals surface area (Å²) in [5, 5.41) is 6.92. The molecule has 1 amide bonds. The van der Waals surface area contributed by atoms with Gasteiger partial charge in [-0.25, -0.2) is 0 Å². The van der Waals surface area contributed by atoms with Crippen molar-refractivity contribution in [2.24, 2.45) is 13.0 Å². The normalized spacial score (nSPS) is 17.6. The minimum absolute atomic E-state index is 0.000741. The number of fused-ring (bicyclic) bond motifs is 1. The molecular formula is C15H18N4O. The Morgan fingerprint density at radius 1 is 1.40 bits per heavy atom. The van der Waals surface area contributed by atoms with Crippen LogP contribution in [0.25, 0.3) is 0 Å². The molecule has 1 heterocycles. The quantitative estimate of drug-likeness (QED) is 0.873. The summed E-state index contributed by atoms with van der Waals surface area (Å²) in [5.74, 6) is 0.600. The zero-order chi connectivity index (χ0) is 14.1. The number of rotatable bonds is 2. The van der Waals surface area contributed by atoms with Gasteiger partial charge >= 0.3 is 0 Å². The zero-order valence-electron chi connectivity index (χ0n) is 11.5. The first-order chi connectivity index (χ1) is 9.65. The SMILES string of the molecule is Cn1ncc(N)c1NC(=O)C1CCc2ccccc2C1. The van der Waals surface area contributed by atoms with Gasteiger partial charge in [0.15, 0.2) is 5.82 Å². The van der Waals surface area contributed by atoms with Gasteiger partial charge in [-0.2, -0.15) is 5.10 Å². The van der Waals surface area contributed by atoms with Gasteiger partial charge in [0.2, 0.25) is 5.91 Å².